The minimum absolute atomic E-state index is 0.477. The summed E-state index contributed by atoms with van der Waals surface area (Å²) >= 11 is 2.70. The number of halogens is 1. The number of hydrogen-bond donors (Lipinski definition) is 0. The van der Waals surface area contributed by atoms with Crippen molar-refractivity contribution in [2.75, 3.05) is 7.11 Å². The first-order valence-electron chi connectivity index (χ1n) is 10.3. The SMILES string of the molecule is COC1CC[C@]2(C)C(=CC[C@@H]3[C@H]4CC[C@@H]([C@@H](C)I)[C@]4(C)CC[C@H]32)C1. The number of methoxy groups -OCH3 is 1. The number of ether oxygens (including phenoxy) is 1. The van der Waals surface area contributed by atoms with Gasteiger partial charge in [0.25, 0.3) is 0 Å². The van der Waals surface area contributed by atoms with Crippen molar-refractivity contribution in [3.05, 3.63) is 11.6 Å². The van der Waals surface area contributed by atoms with Crippen molar-refractivity contribution in [3.63, 3.8) is 0 Å². The highest BCUT2D eigenvalue weighted by molar-refractivity contribution is 14.1. The summed E-state index contributed by atoms with van der Waals surface area (Å²) in [4.78, 5) is 0. The number of hydrogen-bond acceptors (Lipinski definition) is 1. The molecule has 136 valence electrons. The molecule has 0 N–H and O–H groups in total. The first-order chi connectivity index (χ1) is 11.4. The Labute approximate surface area is 162 Å². The Morgan fingerprint density at radius 1 is 1.12 bits per heavy atom. The van der Waals surface area contributed by atoms with E-state index < -0.39 is 0 Å². The van der Waals surface area contributed by atoms with Crippen molar-refractivity contribution in [1.82, 2.24) is 0 Å². The van der Waals surface area contributed by atoms with Gasteiger partial charge in [-0.05, 0) is 85.9 Å². The Morgan fingerprint density at radius 2 is 1.92 bits per heavy atom. The molecule has 0 saturated heterocycles. The molecule has 0 aromatic carbocycles. The number of alkyl halides is 1. The second-order valence-corrected chi connectivity index (χ2v) is 11.7. The molecule has 4 aliphatic rings. The third kappa shape index (κ3) is 2.48. The van der Waals surface area contributed by atoms with E-state index in [9.17, 15) is 0 Å². The van der Waals surface area contributed by atoms with Crippen LogP contribution in [0.4, 0.5) is 0 Å². The molecule has 3 saturated carbocycles. The number of fused-ring (bicyclic) bond motifs is 5. The van der Waals surface area contributed by atoms with Crippen LogP contribution in [0.3, 0.4) is 0 Å². The van der Waals surface area contributed by atoms with Crippen LogP contribution in [0.15, 0.2) is 11.6 Å². The van der Waals surface area contributed by atoms with Crippen LogP contribution in [0.25, 0.3) is 0 Å². The lowest BCUT2D eigenvalue weighted by atomic mass is 9.47. The normalized spacial score (nSPS) is 52.0. The molecule has 8 atom stereocenters. The summed E-state index contributed by atoms with van der Waals surface area (Å²) in [5, 5.41) is 0. The van der Waals surface area contributed by atoms with Crippen LogP contribution in [-0.2, 0) is 4.74 Å². The molecule has 0 bridgehead atoms. The predicted molar refractivity (Wildman–Crippen MR) is 109 cm³/mol. The highest BCUT2D eigenvalue weighted by Gasteiger charge is 2.59. The van der Waals surface area contributed by atoms with Crippen molar-refractivity contribution in [2.45, 2.75) is 82.2 Å². The monoisotopic (exact) mass is 442 g/mol. The molecular formula is C22H35IO. The minimum Gasteiger partial charge on any atom is -0.381 e. The van der Waals surface area contributed by atoms with Gasteiger partial charge in [0.05, 0.1) is 6.10 Å². The van der Waals surface area contributed by atoms with E-state index in [4.69, 9.17) is 4.74 Å². The summed E-state index contributed by atoms with van der Waals surface area (Å²) in [5.41, 5.74) is 2.85. The van der Waals surface area contributed by atoms with E-state index in [0.717, 1.165) is 27.6 Å². The van der Waals surface area contributed by atoms with E-state index in [1.54, 1.807) is 5.57 Å². The Balaban J connectivity index is 1.62. The van der Waals surface area contributed by atoms with E-state index in [2.05, 4.69) is 49.4 Å². The molecule has 0 aromatic rings. The summed E-state index contributed by atoms with van der Waals surface area (Å²) in [6.45, 7) is 7.72. The van der Waals surface area contributed by atoms with Crippen molar-refractivity contribution in [3.8, 4) is 0 Å². The Hall–Kier alpha value is 0.430. The first-order valence-corrected chi connectivity index (χ1v) is 11.5. The lowest BCUT2D eigenvalue weighted by Crippen LogP contribution is -2.51. The molecule has 0 aromatic heterocycles. The lowest BCUT2D eigenvalue weighted by Gasteiger charge is -2.58. The van der Waals surface area contributed by atoms with E-state index in [1.165, 1.54) is 51.4 Å². The number of rotatable bonds is 2. The molecule has 2 heteroatoms. The molecule has 3 fully saturated rings. The van der Waals surface area contributed by atoms with Gasteiger partial charge in [0.1, 0.15) is 0 Å². The zero-order valence-electron chi connectivity index (χ0n) is 16.0. The molecule has 4 rings (SSSR count). The van der Waals surface area contributed by atoms with E-state index in [0.29, 0.717) is 16.9 Å². The molecule has 24 heavy (non-hydrogen) atoms. The van der Waals surface area contributed by atoms with Crippen LogP contribution in [0, 0.1) is 34.5 Å². The van der Waals surface area contributed by atoms with Gasteiger partial charge in [0, 0.05) is 11.0 Å². The quantitative estimate of drug-likeness (QED) is 0.273. The fourth-order valence-corrected chi connectivity index (χ4v) is 8.80. The fourth-order valence-electron chi connectivity index (χ4n) is 7.62. The summed E-state index contributed by atoms with van der Waals surface area (Å²) in [7, 11) is 1.90. The van der Waals surface area contributed by atoms with Crippen molar-refractivity contribution in [2.24, 2.45) is 34.5 Å². The molecule has 0 amide bonds. The second-order valence-electron chi connectivity index (χ2n) is 9.77. The van der Waals surface area contributed by atoms with E-state index >= 15 is 0 Å². The van der Waals surface area contributed by atoms with Gasteiger partial charge in [0.2, 0.25) is 0 Å². The molecule has 4 aliphatic carbocycles. The standard InChI is InChI=1S/C22H35IO/c1-14(23)18-7-8-19-17-6-5-15-13-16(24-4)9-11-21(15,2)20(17)10-12-22(18,19)3/h5,14,16-20H,6-13H2,1-4H3/t14-,16?,17-,18+,19-,20-,21-,22+/m1/s1. The van der Waals surface area contributed by atoms with Crippen LogP contribution in [-0.4, -0.2) is 17.1 Å². The van der Waals surface area contributed by atoms with Gasteiger partial charge in [-0.2, -0.15) is 0 Å². The molecule has 1 nitrogen and oxygen atoms in total. The Kier molecular flexibility index (Phi) is 4.64. The van der Waals surface area contributed by atoms with Crippen LogP contribution in [0.5, 0.6) is 0 Å². The van der Waals surface area contributed by atoms with Gasteiger partial charge in [-0.1, -0.05) is 55.0 Å². The average molecular weight is 442 g/mol. The van der Waals surface area contributed by atoms with Gasteiger partial charge in [-0.15, -0.1) is 0 Å². The molecule has 1 unspecified atom stereocenters. The summed E-state index contributed by atoms with van der Waals surface area (Å²) < 4.78 is 6.54. The summed E-state index contributed by atoms with van der Waals surface area (Å²) in [6.07, 6.45) is 14.3. The van der Waals surface area contributed by atoms with Crippen LogP contribution in [0.1, 0.15) is 72.1 Å². The maximum absolute atomic E-state index is 5.71. The van der Waals surface area contributed by atoms with Crippen molar-refractivity contribution in [1.29, 1.82) is 0 Å². The van der Waals surface area contributed by atoms with Gasteiger partial charge in [-0.3, -0.25) is 0 Å². The molecule has 0 heterocycles. The van der Waals surface area contributed by atoms with E-state index in [1.807, 2.05) is 7.11 Å². The fraction of sp³-hybridized carbons (Fsp3) is 0.909. The zero-order chi connectivity index (χ0) is 17.1. The maximum atomic E-state index is 5.71. The van der Waals surface area contributed by atoms with Gasteiger partial charge < -0.3 is 4.74 Å². The van der Waals surface area contributed by atoms with Gasteiger partial charge in [0.15, 0.2) is 0 Å². The first kappa shape index (κ1) is 17.8. The molecule has 0 spiro atoms. The highest BCUT2D eigenvalue weighted by Crippen LogP contribution is 2.67. The predicted octanol–water partition coefficient (Wildman–Crippen LogP) is 6.40. The Morgan fingerprint density at radius 3 is 2.62 bits per heavy atom. The summed E-state index contributed by atoms with van der Waals surface area (Å²) in [6, 6.07) is 0. The van der Waals surface area contributed by atoms with Crippen LogP contribution in [0.2, 0.25) is 0 Å². The Bertz CT molecular complexity index is 526. The zero-order valence-corrected chi connectivity index (χ0v) is 18.1. The highest BCUT2D eigenvalue weighted by atomic mass is 127. The smallest absolute Gasteiger partial charge is 0.0608 e. The summed E-state index contributed by atoms with van der Waals surface area (Å²) in [5.74, 6) is 3.83. The lowest BCUT2D eigenvalue weighted by molar-refractivity contribution is -0.0524. The van der Waals surface area contributed by atoms with Crippen molar-refractivity contribution < 1.29 is 4.74 Å². The molecular weight excluding hydrogens is 407 g/mol. The largest absolute Gasteiger partial charge is 0.381 e. The second kappa shape index (κ2) is 6.25. The van der Waals surface area contributed by atoms with Crippen LogP contribution < -0.4 is 0 Å². The number of allylic oxidation sites excluding steroid dienone is 1. The minimum atomic E-state index is 0.477. The molecule has 0 aliphatic heterocycles. The van der Waals surface area contributed by atoms with Crippen molar-refractivity contribution >= 4 is 22.6 Å². The molecule has 0 radical (unpaired) electrons. The van der Waals surface area contributed by atoms with Gasteiger partial charge in [-0.25, -0.2) is 0 Å². The third-order valence-electron chi connectivity index (χ3n) is 9.02. The average Bonchev–Trinajstić information content (AvgIpc) is 2.91. The topological polar surface area (TPSA) is 9.23 Å². The van der Waals surface area contributed by atoms with Gasteiger partial charge >= 0.3 is 0 Å². The van der Waals surface area contributed by atoms with Crippen LogP contribution >= 0.6 is 22.6 Å². The maximum Gasteiger partial charge on any atom is 0.0608 e. The van der Waals surface area contributed by atoms with E-state index in [-0.39, 0.29) is 0 Å². The third-order valence-corrected chi connectivity index (χ3v) is 9.89.